The Morgan fingerprint density at radius 3 is 2.50 bits per heavy atom. The number of methoxy groups -OCH3 is 1. The topological polar surface area (TPSA) is 91.2 Å². The molecule has 0 spiro atoms. The van der Waals surface area contributed by atoms with E-state index in [1.807, 2.05) is 19.9 Å². The molecule has 2 amide bonds. The first-order chi connectivity index (χ1) is 20.7. The van der Waals surface area contributed by atoms with Crippen LogP contribution in [0.1, 0.15) is 74.9 Å². The van der Waals surface area contributed by atoms with Gasteiger partial charge in [-0.15, -0.1) is 0 Å². The minimum Gasteiger partial charge on any atom is -0.495 e. The molecule has 9 heteroatoms. The molecule has 5 rings (SSSR count). The number of anilines is 1. The second kappa shape index (κ2) is 11.7. The van der Waals surface area contributed by atoms with E-state index < -0.39 is 23.1 Å². The van der Waals surface area contributed by atoms with Gasteiger partial charge in [-0.05, 0) is 79.5 Å². The van der Waals surface area contributed by atoms with Gasteiger partial charge in [0.25, 0.3) is 5.91 Å². The Labute approximate surface area is 267 Å². The van der Waals surface area contributed by atoms with Crippen LogP contribution in [0.4, 0.5) is 10.1 Å². The molecule has 2 aliphatic carbocycles. The van der Waals surface area contributed by atoms with Crippen molar-refractivity contribution in [2.45, 2.75) is 64.8 Å². The molecule has 230 valence electrons. The summed E-state index contributed by atoms with van der Waals surface area (Å²) in [5.74, 6) is -2.70. The van der Waals surface area contributed by atoms with Gasteiger partial charge >= 0.3 is 0 Å². The molecule has 0 aliphatic heterocycles. The molecule has 1 fully saturated rings. The van der Waals surface area contributed by atoms with Crippen LogP contribution in [-0.2, 0) is 10.2 Å². The normalized spacial score (nSPS) is 22.0. The highest BCUT2D eigenvalue weighted by Crippen LogP contribution is 2.66. The number of hydrogen-bond acceptors (Lipinski definition) is 4. The Morgan fingerprint density at radius 1 is 1.14 bits per heavy atom. The molecule has 2 aliphatic rings. The average Bonchev–Trinajstić information content (AvgIpc) is 3.28. The molecule has 2 N–H and O–H groups in total. The van der Waals surface area contributed by atoms with Crippen molar-refractivity contribution in [1.82, 2.24) is 5.32 Å². The molecule has 3 aromatic carbocycles. The van der Waals surface area contributed by atoms with Crippen LogP contribution in [0.3, 0.4) is 0 Å². The third kappa shape index (κ3) is 5.33. The minimum absolute atomic E-state index is 0.0478. The summed E-state index contributed by atoms with van der Waals surface area (Å²) in [7, 11) is 1.47. The van der Waals surface area contributed by atoms with E-state index in [-0.39, 0.29) is 39.8 Å². The predicted octanol–water partition coefficient (Wildman–Crippen LogP) is 8.52. The van der Waals surface area contributed by atoms with Gasteiger partial charge in [0.1, 0.15) is 11.6 Å². The van der Waals surface area contributed by atoms with Gasteiger partial charge < -0.3 is 15.4 Å². The number of nitriles is 1. The highest BCUT2D eigenvalue weighted by molar-refractivity contribution is 6.34. The number of nitrogens with one attached hydrogen (secondary N) is 2. The molecule has 3 aromatic rings. The zero-order chi connectivity index (χ0) is 32.1. The van der Waals surface area contributed by atoms with E-state index in [1.54, 1.807) is 36.4 Å². The summed E-state index contributed by atoms with van der Waals surface area (Å²) < 4.78 is 21.8. The fourth-order valence-corrected chi connectivity index (χ4v) is 7.68. The van der Waals surface area contributed by atoms with E-state index in [4.69, 9.17) is 27.9 Å². The van der Waals surface area contributed by atoms with Gasteiger partial charge in [0.05, 0.1) is 29.3 Å². The van der Waals surface area contributed by atoms with Crippen LogP contribution in [-0.4, -0.2) is 25.0 Å². The third-order valence-corrected chi connectivity index (χ3v) is 9.36. The summed E-state index contributed by atoms with van der Waals surface area (Å²) in [6.07, 6.45) is 0.918. The molecule has 0 radical (unpaired) electrons. The van der Waals surface area contributed by atoms with Crippen molar-refractivity contribution in [3.63, 3.8) is 0 Å². The van der Waals surface area contributed by atoms with Crippen LogP contribution < -0.4 is 15.4 Å². The lowest BCUT2D eigenvalue weighted by atomic mass is 9.57. The van der Waals surface area contributed by atoms with E-state index in [0.29, 0.717) is 46.0 Å². The van der Waals surface area contributed by atoms with Gasteiger partial charge in [-0.3, -0.25) is 9.59 Å². The van der Waals surface area contributed by atoms with E-state index >= 15 is 4.39 Å². The van der Waals surface area contributed by atoms with Gasteiger partial charge in [-0.1, -0.05) is 62.2 Å². The van der Waals surface area contributed by atoms with Crippen LogP contribution in [0, 0.1) is 34.4 Å². The van der Waals surface area contributed by atoms with Crippen molar-refractivity contribution in [2.24, 2.45) is 17.3 Å². The molecule has 44 heavy (non-hydrogen) atoms. The summed E-state index contributed by atoms with van der Waals surface area (Å²) >= 11 is 13.1. The quantitative estimate of drug-likeness (QED) is 0.284. The molecule has 1 saturated carbocycles. The van der Waals surface area contributed by atoms with Crippen LogP contribution in [0.25, 0.3) is 11.1 Å². The molecule has 0 saturated heterocycles. The molecule has 0 bridgehead atoms. The lowest BCUT2D eigenvalue weighted by Crippen LogP contribution is -2.42. The van der Waals surface area contributed by atoms with Crippen LogP contribution in [0.15, 0.2) is 48.5 Å². The summed E-state index contributed by atoms with van der Waals surface area (Å²) in [6.45, 7) is 9.96. The first kappa shape index (κ1) is 31.8. The molecule has 0 unspecified atom stereocenters. The fraction of sp³-hybridized carbons (Fsp3) is 0.400. The van der Waals surface area contributed by atoms with Crippen molar-refractivity contribution < 1.29 is 18.7 Å². The van der Waals surface area contributed by atoms with E-state index in [1.165, 1.54) is 13.2 Å². The van der Waals surface area contributed by atoms with E-state index in [9.17, 15) is 14.9 Å². The van der Waals surface area contributed by atoms with Gasteiger partial charge in [0, 0.05) is 39.6 Å². The average molecular weight is 637 g/mol. The lowest BCUT2D eigenvalue weighted by molar-refractivity contribution is -0.120. The van der Waals surface area contributed by atoms with Gasteiger partial charge in [0.2, 0.25) is 5.91 Å². The maximum Gasteiger partial charge on any atom is 0.251 e. The van der Waals surface area contributed by atoms with E-state index in [0.717, 1.165) is 5.56 Å². The van der Waals surface area contributed by atoms with Crippen LogP contribution in [0.2, 0.25) is 10.0 Å². The number of ether oxygens (including phenoxy) is 1. The molecular formula is C35H36Cl2FN3O3. The Balaban J connectivity index is 1.65. The molecular weight excluding hydrogens is 600 g/mol. The van der Waals surface area contributed by atoms with Gasteiger partial charge in [-0.25, -0.2) is 4.39 Å². The molecule has 6 nitrogen and oxygen atoms in total. The van der Waals surface area contributed by atoms with Crippen LogP contribution >= 0.6 is 23.2 Å². The largest absolute Gasteiger partial charge is 0.495 e. The SMILES string of the molecule is COc1cc(C(=O)NC(C)C)ccc1NC(=O)[C@@H]1C[C@@H](CC(C)(C)C)[C@]2(C#N)c3c(ccc(Cl)c3F)-c3c(Cl)cccc3[C@@H]12. The van der Waals surface area contributed by atoms with Crippen LogP contribution in [0.5, 0.6) is 5.75 Å². The number of benzene rings is 3. The minimum atomic E-state index is -1.37. The number of carbonyl (C=O) groups is 2. The van der Waals surface area contributed by atoms with Crippen molar-refractivity contribution in [3.8, 4) is 22.9 Å². The molecule has 0 heterocycles. The standard InChI is InChI=1S/C35H36Cl2FN3O3/c1-18(2)40-32(42)19-10-13-26(27(14-19)44-6)41-33(43)23-15-20(16-34(3,4)5)35(17-39)29(23)21-8-7-9-24(36)28(21)22-11-12-25(37)31(38)30(22)35/h7-14,18,20,23,29H,15-16H2,1-6H3,(H,40,42)(H,41,43)/t20-,23+,29-,35-/m0/s1. The number of amides is 2. The Bertz CT molecular complexity index is 1690. The maximum absolute atomic E-state index is 16.3. The highest BCUT2D eigenvalue weighted by Gasteiger charge is 2.63. The number of halogens is 3. The van der Waals surface area contributed by atoms with Crippen molar-refractivity contribution >= 4 is 40.7 Å². The number of rotatable bonds is 6. The Morgan fingerprint density at radius 2 is 1.86 bits per heavy atom. The summed E-state index contributed by atoms with van der Waals surface area (Å²) in [5.41, 5.74) is 1.27. The highest BCUT2D eigenvalue weighted by atomic mass is 35.5. The third-order valence-electron chi connectivity index (χ3n) is 8.76. The maximum atomic E-state index is 16.3. The second-order valence-electron chi connectivity index (χ2n) is 13.3. The number of fused-ring (bicyclic) bond motifs is 6. The predicted molar refractivity (Wildman–Crippen MR) is 172 cm³/mol. The monoisotopic (exact) mass is 635 g/mol. The van der Waals surface area contributed by atoms with Gasteiger partial charge in [0.15, 0.2) is 0 Å². The Kier molecular flexibility index (Phi) is 8.48. The zero-order valence-electron chi connectivity index (χ0n) is 25.6. The van der Waals surface area contributed by atoms with Crippen molar-refractivity contribution in [1.29, 1.82) is 5.26 Å². The number of nitrogens with zero attached hydrogens (tertiary/aromatic N) is 1. The smallest absolute Gasteiger partial charge is 0.251 e. The first-order valence-corrected chi connectivity index (χ1v) is 15.5. The first-order valence-electron chi connectivity index (χ1n) is 14.7. The lowest BCUT2D eigenvalue weighted by Gasteiger charge is -2.43. The summed E-state index contributed by atoms with van der Waals surface area (Å²) in [4.78, 5) is 26.9. The van der Waals surface area contributed by atoms with Crippen molar-refractivity contribution in [3.05, 3.63) is 81.1 Å². The fourth-order valence-electron chi connectivity index (χ4n) is 7.23. The number of hydrogen-bond donors (Lipinski definition) is 2. The number of carbonyl (C=O) groups excluding carboxylic acids is 2. The van der Waals surface area contributed by atoms with Crippen molar-refractivity contribution in [2.75, 3.05) is 12.4 Å². The second-order valence-corrected chi connectivity index (χ2v) is 14.1. The zero-order valence-corrected chi connectivity index (χ0v) is 27.2. The Hall–Kier alpha value is -3.60. The molecule has 0 aromatic heterocycles. The van der Waals surface area contributed by atoms with Gasteiger partial charge in [-0.2, -0.15) is 5.26 Å². The molecule has 4 atom stereocenters. The van der Waals surface area contributed by atoms with E-state index in [2.05, 4.69) is 37.5 Å². The summed E-state index contributed by atoms with van der Waals surface area (Å²) in [5, 5.41) is 17.3. The summed E-state index contributed by atoms with van der Waals surface area (Å²) in [6, 6.07) is 16.0.